The number of benzene rings is 7. The minimum absolute atomic E-state index is 0.0372. The van der Waals surface area contributed by atoms with E-state index in [9.17, 15) is 0 Å². The van der Waals surface area contributed by atoms with E-state index in [4.69, 9.17) is 4.98 Å². The Kier molecular flexibility index (Phi) is 9.96. The Morgan fingerprint density at radius 3 is 1.81 bits per heavy atom. The third-order valence-electron chi connectivity index (χ3n) is 12.6. The summed E-state index contributed by atoms with van der Waals surface area (Å²) in [6, 6.07) is 62.0. The molecule has 296 valence electrons. The fraction of sp³-hybridized carbons (Fsp3) is 0.0833. The summed E-state index contributed by atoms with van der Waals surface area (Å²) in [5.74, 6) is 0. The molecule has 1 unspecified atom stereocenters. The molecule has 2 heteroatoms. The van der Waals surface area contributed by atoms with Gasteiger partial charge in [0.25, 0.3) is 0 Å². The summed E-state index contributed by atoms with van der Waals surface area (Å²) in [5.41, 5.74) is 19.2. The molecule has 0 bridgehead atoms. The van der Waals surface area contributed by atoms with Gasteiger partial charge in [-0.15, -0.1) is 0 Å². The van der Waals surface area contributed by atoms with E-state index in [1.54, 1.807) is 0 Å². The zero-order valence-electron chi connectivity index (χ0n) is 34.6. The standard InChI is InChI=1S/C60H46N2/c1-5-16-41(17-6-1)46-24-14-28-51(35-46)57-38-53(39-58(62-57)52-29-15-25-47(36-52)42-18-7-2-8-19-42)49-27-13-26-48(34-49)50-31-30-44-32-33-56-60(54(44)37-50)55(43-20-9-3-10-21-43)40-59(61-56)45-22-11-4-12-23-45/h1-9,11,13-20,22,24-40,57,62H,10,12,21,23H2. The summed E-state index contributed by atoms with van der Waals surface area (Å²) in [7, 11) is 0. The molecule has 7 aromatic carbocycles. The van der Waals surface area contributed by atoms with Crippen LogP contribution in [-0.2, 0) is 0 Å². The van der Waals surface area contributed by atoms with Crippen LogP contribution in [0.25, 0.3) is 77.5 Å². The second-order valence-corrected chi connectivity index (χ2v) is 16.6. The average Bonchev–Trinajstić information content (AvgIpc) is 3.37. The van der Waals surface area contributed by atoms with Crippen LogP contribution in [-0.4, -0.2) is 4.98 Å². The van der Waals surface area contributed by atoms with E-state index in [1.165, 1.54) is 82.9 Å². The topological polar surface area (TPSA) is 24.9 Å². The van der Waals surface area contributed by atoms with Crippen molar-refractivity contribution in [2.24, 2.45) is 0 Å². The minimum atomic E-state index is -0.0372. The maximum atomic E-state index is 5.32. The maximum absolute atomic E-state index is 5.32. The van der Waals surface area contributed by atoms with E-state index in [1.807, 2.05) is 0 Å². The highest BCUT2D eigenvalue weighted by Crippen LogP contribution is 2.40. The van der Waals surface area contributed by atoms with Crippen LogP contribution < -0.4 is 5.32 Å². The molecule has 0 saturated heterocycles. The van der Waals surface area contributed by atoms with Gasteiger partial charge in [0.05, 0.1) is 17.3 Å². The molecule has 2 heterocycles. The minimum Gasteiger partial charge on any atom is -0.374 e. The van der Waals surface area contributed by atoms with Crippen molar-refractivity contribution in [1.82, 2.24) is 10.3 Å². The molecule has 11 rings (SSSR count). The molecule has 1 aliphatic heterocycles. The van der Waals surface area contributed by atoms with Crippen molar-refractivity contribution in [2.45, 2.75) is 31.7 Å². The molecule has 0 amide bonds. The van der Waals surface area contributed by atoms with Crippen molar-refractivity contribution in [3.8, 4) is 33.4 Å². The van der Waals surface area contributed by atoms with E-state index in [0.717, 1.165) is 48.2 Å². The molecule has 62 heavy (non-hydrogen) atoms. The van der Waals surface area contributed by atoms with E-state index in [2.05, 4.69) is 224 Å². The number of allylic oxidation sites excluding steroid dienone is 10. The highest BCUT2D eigenvalue weighted by atomic mass is 14.9. The lowest BCUT2D eigenvalue weighted by molar-refractivity contribution is 0.767. The van der Waals surface area contributed by atoms with Gasteiger partial charge >= 0.3 is 0 Å². The highest BCUT2D eigenvalue weighted by molar-refractivity contribution is 6.12. The quantitative estimate of drug-likeness (QED) is 0.155. The summed E-state index contributed by atoms with van der Waals surface area (Å²) in [6.07, 6.45) is 22.3. The summed E-state index contributed by atoms with van der Waals surface area (Å²) in [5, 5.41) is 7.66. The van der Waals surface area contributed by atoms with Crippen LogP contribution in [0.1, 0.15) is 59.7 Å². The number of nitrogens with zero attached hydrogens (tertiary/aromatic N) is 1. The molecule has 1 aromatic heterocycles. The number of aromatic nitrogens is 1. The first-order chi connectivity index (χ1) is 30.7. The monoisotopic (exact) mass is 794 g/mol. The van der Waals surface area contributed by atoms with Crippen molar-refractivity contribution >= 4 is 44.1 Å². The van der Waals surface area contributed by atoms with Crippen LogP contribution in [0.5, 0.6) is 0 Å². The van der Waals surface area contributed by atoms with Gasteiger partial charge in [0.1, 0.15) is 0 Å². The van der Waals surface area contributed by atoms with Crippen molar-refractivity contribution in [3.05, 3.63) is 246 Å². The Balaban J connectivity index is 1.02. The van der Waals surface area contributed by atoms with Crippen LogP contribution in [0.4, 0.5) is 0 Å². The van der Waals surface area contributed by atoms with Crippen LogP contribution in [0.2, 0.25) is 0 Å². The van der Waals surface area contributed by atoms with Crippen molar-refractivity contribution < 1.29 is 0 Å². The largest absolute Gasteiger partial charge is 0.374 e. The fourth-order valence-electron chi connectivity index (χ4n) is 9.37. The average molecular weight is 795 g/mol. The molecular formula is C60H46N2. The highest BCUT2D eigenvalue weighted by Gasteiger charge is 2.21. The lowest BCUT2D eigenvalue weighted by Gasteiger charge is -2.26. The van der Waals surface area contributed by atoms with E-state index in [0.29, 0.717) is 0 Å². The number of dihydropyridines is 1. The molecule has 2 aliphatic carbocycles. The van der Waals surface area contributed by atoms with Gasteiger partial charge in [-0.3, -0.25) is 0 Å². The number of pyridine rings is 1. The van der Waals surface area contributed by atoms with Crippen molar-refractivity contribution in [2.75, 3.05) is 0 Å². The van der Waals surface area contributed by atoms with E-state index in [-0.39, 0.29) is 6.04 Å². The number of fused-ring (bicyclic) bond motifs is 3. The lowest BCUT2D eigenvalue weighted by Crippen LogP contribution is -2.21. The number of hydrogen-bond acceptors (Lipinski definition) is 2. The predicted octanol–water partition coefficient (Wildman–Crippen LogP) is 15.6. The van der Waals surface area contributed by atoms with Gasteiger partial charge in [-0.05, 0) is 157 Å². The Hall–Kier alpha value is -7.55. The Bertz CT molecular complexity index is 3190. The predicted molar refractivity (Wildman–Crippen MR) is 263 cm³/mol. The van der Waals surface area contributed by atoms with Crippen LogP contribution in [0, 0.1) is 0 Å². The molecular weight excluding hydrogens is 749 g/mol. The number of rotatable bonds is 8. The van der Waals surface area contributed by atoms with Gasteiger partial charge in [-0.1, -0.05) is 170 Å². The number of nitrogens with one attached hydrogen (secondary N) is 1. The first-order valence-corrected chi connectivity index (χ1v) is 21.9. The summed E-state index contributed by atoms with van der Waals surface area (Å²) in [4.78, 5) is 5.32. The van der Waals surface area contributed by atoms with Gasteiger partial charge in [0.15, 0.2) is 0 Å². The van der Waals surface area contributed by atoms with Gasteiger partial charge in [0.2, 0.25) is 0 Å². The molecule has 0 saturated carbocycles. The Morgan fingerprint density at radius 2 is 1.08 bits per heavy atom. The molecule has 1 atom stereocenters. The Labute approximate surface area is 364 Å². The normalized spacial score (nSPS) is 16.0. The maximum Gasteiger partial charge on any atom is 0.0721 e. The third kappa shape index (κ3) is 7.46. The van der Waals surface area contributed by atoms with Gasteiger partial charge < -0.3 is 5.32 Å². The third-order valence-corrected chi connectivity index (χ3v) is 12.6. The lowest BCUT2D eigenvalue weighted by atomic mass is 9.88. The summed E-state index contributed by atoms with van der Waals surface area (Å²) >= 11 is 0. The molecule has 1 N–H and O–H groups in total. The van der Waals surface area contributed by atoms with E-state index < -0.39 is 0 Å². The fourth-order valence-corrected chi connectivity index (χ4v) is 9.37. The van der Waals surface area contributed by atoms with Gasteiger partial charge in [-0.25, -0.2) is 4.98 Å². The van der Waals surface area contributed by atoms with Gasteiger partial charge in [0, 0.05) is 11.1 Å². The van der Waals surface area contributed by atoms with Crippen LogP contribution in [0.3, 0.4) is 0 Å². The van der Waals surface area contributed by atoms with Crippen molar-refractivity contribution in [3.63, 3.8) is 0 Å². The SMILES string of the molecule is C1=CCCC(c2cc(C3=CC=CCC3)c3c(ccc4ccc(-c5cccc(C6=CC(c7cccc(-c8ccccc8)c7)NC(c7cccc(-c8ccccc8)c7)=C6)c5)cc43)n2)=C1. The smallest absolute Gasteiger partial charge is 0.0721 e. The molecule has 2 nitrogen and oxygen atoms in total. The second-order valence-electron chi connectivity index (χ2n) is 16.6. The van der Waals surface area contributed by atoms with Crippen LogP contribution >= 0.6 is 0 Å². The first kappa shape index (κ1) is 37.4. The molecule has 3 aliphatic rings. The zero-order valence-corrected chi connectivity index (χ0v) is 34.6. The summed E-state index contributed by atoms with van der Waals surface area (Å²) in [6.45, 7) is 0. The molecule has 0 radical (unpaired) electrons. The molecule has 8 aromatic rings. The molecule has 0 fully saturated rings. The number of hydrogen-bond donors (Lipinski definition) is 1. The second kappa shape index (κ2) is 16.5. The van der Waals surface area contributed by atoms with Crippen LogP contribution in [0.15, 0.2) is 218 Å². The first-order valence-electron chi connectivity index (χ1n) is 21.9. The molecule has 0 spiro atoms. The summed E-state index contributed by atoms with van der Waals surface area (Å²) < 4.78 is 0. The zero-order chi connectivity index (χ0) is 41.2. The van der Waals surface area contributed by atoms with E-state index >= 15 is 0 Å². The van der Waals surface area contributed by atoms with Crippen molar-refractivity contribution in [1.29, 1.82) is 0 Å². The Morgan fingerprint density at radius 1 is 0.484 bits per heavy atom. The van der Waals surface area contributed by atoms with Gasteiger partial charge in [-0.2, -0.15) is 0 Å².